The van der Waals surface area contributed by atoms with Gasteiger partial charge in [-0.3, -0.25) is 0 Å². The summed E-state index contributed by atoms with van der Waals surface area (Å²) in [6, 6.07) is 3.41. The van der Waals surface area contributed by atoms with Gasteiger partial charge in [-0.25, -0.2) is 0 Å². The van der Waals surface area contributed by atoms with Gasteiger partial charge in [-0.15, -0.1) is 0 Å². The van der Waals surface area contributed by atoms with E-state index in [9.17, 15) is 0 Å². The van der Waals surface area contributed by atoms with Crippen molar-refractivity contribution >= 4 is 23.2 Å². The molecule has 43 valence electrons. The molecule has 1 radical (unpaired) electrons. The van der Waals surface area contributed by atoms with Crippen LogP contribution < -0.4 is 0 Å². The van der Waals surface area contributed by atoms with Crippen molar-refractivity contribution in [3.8, 4) is 0 Å². The Labute approximate surface area is 57.2 Å². The molecule has 0 bridgehead atoms. The smallest absolute Gasteiger partial charge is 0.215 e. The van der Waals surface area contributed by atoms with Crippen LogP contribution >= 0.6 is 23.2 Å². The fraction of sp³-hybridized carbons (Fsp3) is 0. The molecule has 0 atom stereocenters. The Morgan fingerprint density at radius 2 is 2.25 bits per heavy atom. The molecular formula is C5H3Cl2O. The molecule has 0 spiro atoms. The molecule has 1 aromatic rings. The Morgan fingerprint density at radius 3 is 2.50 bits per heavy atom. The molecule has 0 N–H and O–H groups in total. The van der Waals surface area contributed by atoms with E-state index in [2.05, 4.69) is 0 Å². The Morgan fingerprint density at radius 1 is 1.50 bits per heavy atom. The molecule has 0 aliphatic heterocycles. The first-order valence-corrected chi connectivity index (χ1v) is 2.78. The van der Waals surface area contributed by atoms with Gasteiger partial charge in [-0.05, 0) is 12.1 Å². The summed E-state index contributed by atoms with van der Waals surface area (Å²) < 4.78 is 4.79. The van der Waals surface area contributed by atoms with Gasteiger partial charge in [0.15, 0.2) is 0 Å². The average Bonchev–Trinajstić information content (AvgIpc) is 2.12. The van der Waals surface area contributed by atoms with Gasteiger partial charge in [-0.2, -0.15) is 0 Å². The molecule has 0 fully saturated rings. The summed E-state index contributed by atoms with van der Waals surface area (Å²) in [5, 5.41) is 0. The minimum atomic E-state index is 0.162. The molecule has 1 rings (SSSR count). The van der Waals surface area contributed by atoms with E-state index in [1.54, 1.807) is 12.1 Å². The monoisotopic (exact) mass is 149 g/mol. The predicted molar refractivity (Wildman–Crippen MR) is 32.8 cm³/mol. The molecule has 0 aliphatic carbocycles. The van der Waals surface area contributed by atoms with Crippen LogP contribution in [-0.4, -0.2) is 0 Å². The Balaban J connectivity index is 2.77. The van der Waals surface area contributed by atoms with Gasteiger partial charge < -0.3 is 4.42 Å². The summed E-state index contributed by atoms with van der Waals surface area (Å²) in [5.41, 5.74) is 0. The van der Waals surface area contributed by atoms with Gasteiger partial charge in [0.25, 0.3) is 0 Å². The molecule has 0 saturated heterocycles. The molecule has 1 nitrogen and oxygen atoms in total. The van der Waals surface area contributed by atoms with Gasteiger partial charge in [0, 0.05) is 0 Å². The van der Waals surface area contributed by atoms with Crippen molar-refractivity contribution in [3.05, 3.63) is 29.0 Å². The van der Waals surface area contributed by atoms with Crippen molar-refractivity contribution in [2.75, 3.05) is 0 Å². The maximum Gasteiger partial charge on any atom is 0.215 e. The van der Waals surface area contributed by atoms with E-state index in [-0.39, 0.29) is 4.84 Å². The zero-order valence-corrected chi connectivity index (χ0v) is 5.41. The molecule has 0 amide bonds. The van der Waals surface area contributed by atoms with Crippen molar-refractivity contribution in [1.82, 2.24) is 0 Å². The third-order valence-electron chi connectivity index (χ3n) is 0.707. The molecule has 8 heavy (non-hydrogen) atoms. The molecule has 1 heterocycles. The number of rotatable bonds is 1. The first kappa shape index (κ1) is 5.99. The number of halogens is 2. The van der Waals surface area contributed by atoms with E-state index in [4.69, 9.17) is 27.6 Å². The van der Waals surface area contributed by atoms with Gasteiger partial charge in [0.2, 0.25) is 4.84 Å². The van der Waals surface area contributed by atoms with E-state index < -0.39 is 0 Å². The highest BCUT2D eigenvalue weighted by Crippen LogP contribution is 2.22. The Kier molecular flexibility index (Phi) is 1.81. The lowest BCUT2D eigenvalue weighted by molar-refractivity contribution is 0.543. The van der Waals surface area contributed by atoms with Crippen LogP contribution in [-0.2, 0) is 0 Å². The topological polar surface area (TPSA) is 13.1 Å². The second-order valence-corrected chi connectivity index (χ2v) is 2.19. The summed E-state index contributed by atoms with van der Waals surface area (Å²) in [4.78, 5) is 0.162. The number of furan rings is 1. The van der Waals surface area contributed by atoms with Crippen molar-refractivity contribution in [1.29, 1.82) is 0 Å². The van der Waals surface area contributed by atoms with E-state index in [0.717, 1.165) is 0 Å². The largest absolute Gasteiger partial charge is 0.466 e. The lowest BCUT2D eigenvalue weighted by Crippen LogP contribution is -1.72. The van der Waals surface area contributed by atoms with Crippen LogP contribution in [0.25, 0.3) is 0 Å². The summed E-state index contributed by atoms with van der Waals surface area (Å²) in [7, 11) is 0. The third kappa shape index (κ3) is 1.17. The summed E-state index contributed by atoms with van der Waals surface area (Å²) in [6.07, 6.45) is 1.51. The van der Waals surface area contributed by atoms with Crippen molar-refractivity contribution < 1.29 is 4.42 Å². The molecule has 0 saturated carbocycles. The fourth-order valence-electron chi connectivity index (χ4n) is 0.386. The number of hydrogen-bond acceptors (Lipinski definition) is 1. The van der Waals surface area contributed by atoms with Crippen molar-refractivity contribution in [2.24, 2.45) is 0 Å². The van der Waals surface area contributed by atoms with Gasteiger partial charge in [0.05, 0.1) is 6.26 Å². The zero-order chi connectivity index (χ0) is 5.98. The minimum absolute atomic E-state index is 0.162. The quantitative estimate of drug-likeness (QED) is 0.599. The van der Waals surface area contributed by atoms with Crippen LogP contribution in [0.15, 0.2) is 22.8 Å². The van der Waals surface area contributed by atoms with Crippen LogP contribution in [0.4, 0.5) is 0 Å². The first-order valence-electron chi connectivity index (χ1n) is 2.02. The predicted octanol–water partition coefficient (Wildman–Crippen LogP) is 2.59. The highest BCUT2D eigenvalue weighted by molar-refractivity contribution is 6.54. The minimum Gasteiger partial charge on any atom is -0.466 e. The van der Waals surface area contributed by atoms with Crippen molar-refractivity contribution in [3.63, 3.8) is 0 Å². The molecular weight excluding hydrogens is 147 g/mol. The molecule has 0 aromatic carbocycles. The second-order valence-electron chi connectivity index (χ2n) is 1.24. The van der Waals surface area contributed by atoms with E-state index in [1.165, 1.54) is 6.26 Å². The number of hydrogen-bond donors (Lipinski definition) is 0. The highest BCUT2D eigenvalue weighted by atomic mass is 35.5. The van der Waals surface area contributed by atoms with Gasteiger partial charge >= 0.3 is 0 Å². The Hall–Kier alpha value is -0.140. The van der Waals surface area contributed by atoms with Crippen LogP contribution in [0, 0.1) is 4.84 Å². The van der Waals surface area contributed by atoms with Crippen LogP contribution in [0.1, 0.15) is 5.76 Å². The molecule has 1 aromatic heterocycles. The standard InChI is InChI=1S/C5H3Cl2O/c6-5(7)4-2-1-3-8-4/h1-3H. The Bertz CT molecular complexity index is 145. The summed E-state index contributed by atoms with van der Waals surface area (Å²) in [5.74, 6) is 0.508. The van der Waals surface area contributed by atoms with E-state index in [0.29, 0.717) is 5.76 Å². The lowest BCUT2D eigenvalue weighted by atomic mass is 10.5. The van der Waals surface area contributed by atoms with Gasteiger partial charge in [-0.1, -0.05) is 23.2 Å². The van der Waals surface area contributed by atoms with Crippen LogP contribution in [0.5, 0.6) is 0 Å². The maximum absolute atomic E-state index is 5.33. The maximum atomic E-state index is 5.33. The highest BCUT2D eigenvalue weighted by Gasteiger charge is 2.05. The van der Waals surface area contributed by atoms with Gasteiger partial charge in [0.1, 0.15) is 5.76 Å². The normalized spacial score (nSPS) is 10.4. The first-order chi connectivity index (χ1) is 3.80. The molecule has 0 unspecified atom stereocenters. The summed E-state index contributed by atoms with van der Waals surface area (Å²) >= 11 is 10.7. The fourth-order valence-corrected chi connectivity index (χ4v) is 0.601. The van der Waals surface area contributed by atoms with E-state index >= 15 is 0 Å². The second kappa shape index (κ2) is 2.42. The zero-order valence-electron chi connectivity index (χ0n) is 3.90. The molecule has 0 aliphatic rings. The van der Waals surface area contributed by atoms with E-state index in [1.807, 2.05) is 0 Å². The average molecular weight is 150 g/mol. The van der Waals surface area contributed by atoms with Crippen LogP contribution in [0.3, 0.4) is 0 Å². The molecule has 3 heteroatoms. The lowest BCUT2D eigenvalue weighted by Gasteiger charge is -1.88. The summed E-state index contributed by atoms with van der Waals surface area (Å²) in [6.45, 7) is 0. The SMILES string of the molecule is Cl[C](Cl)c1ccco1. The van der Waals surface area contributed by atoms with Crippen LogP contribution in [0.2, 0.25) is 0 Å². The van der Waals surface area contributed by atoms with Crippen molar-refractivity contribution in [2.45, 2.75) is 0 Å². The third-order valence-corrected chi connectivity index (χ3v) is 1.08.